The molecule has 0 saturated carbocycles. The van der Waals surface area contributed by atoms with Crippen LogP contribution in [-0.2, 0) is 11.3 Å². The van der Waals surface area contributed by atoms with Gasteiger partial charge in [0.25, 0.3) is 0 Å². The van der Waals surface area contributed by atoms with Crippen LogP contribution in [0, 0.1) is 6.92 Å². The predicted molar refractivity (Wildman–Crippen MR) is 111 cm³/mol. The first-order valence-corrected chi connectivity index (χ1v) is 9.45. The van der Waals surface area contributed by atoms with E-state index in [0.29, 0.717) is 12.5 Å². The molecule has 0 radical (unpaired) electrons. The van der Waals surface area contributed by atoms with Gasteiger partial charge in [0.05, 0.1) is 24.6 Å². The summed E-state index contributed by atoms with van der Waals surface area (Å²) in [5.74, 6) is 1.36. The Hall–Kier alpha value is -3.19. The fourth-order valence-corrected chi connectivity index (χ4v) is 3.19. The van der Waals surface area contributed by atoms with Crippen molar-refractivity contribution in [3.8, 4) is 0 Å². The van der Waals surface area contributed by atoms with E-state index in [-0.39, 0.29) is 0 Å². The van der Waals surface area contributed by atoms with E-state index in [1.165, 1.54) is 0 Å². The molecule has 7 nitrogen and oxygen atoms in total. The van der Waals surface area contributed by atoms with Crippen LogP contribution in [0.4, 0.5) is 23.1 Å². The summed E-state index contributed by atoms with van der Waals surface area (Å²) >= 11 is 0. The third kappa shape index (κ3) is 4.55. The molecule has 1 aliphatic rings. The third-order valence-corrected chi connectivity index (χ3v) is 4.55. The molecule has 2 aromatic heterocycles. The molecular formula is C21H24N6O. The molecule has 4 rings (SSSR count). The van der Waals surface area contributed by atoms with Crippen molar-refractivity contribution in [2.24, 2.45) is 0 Å². The van der Waals surface area contributed by atoms with Crippen LogP contribution in [0.1, 0.15) is 11.3 Å². The summed E-state index contributed by atoms with van der Waals surface area (Å²) in [6.45, 7) is 5.88. The quantitative estimate of drug-likeness (QED) is 0.683. The molecule has 28 heavy (non-hydrogen) atoms. The Morgan fingerprint density at radius 1 is 1.07 bits per heavy atom. The minimum absolute atomic E-state index is 0.593. The molecule has 0 aliphatic carbocycles. The summed E-state index contributed by atoms with van der Waals surface area (Å²) in [6, 6.07) is 14.2. The van der Waals surface area contributed by atoms with Gasteiger partial charge < -0.3 is 20.3 Å². The summed E-state index contributed by atoms with van der Waals surface area (Å²) in [5.41, 5.74) is 4.17. The molecule has 0 unspecified atom stereocenters. The first-order valence-electron chi connectivity index (χ1n) is 9.45. The van der Waals surface area contributed by atoms with Crippen molar-refractivity contribution in [2.45, 2.75) is 13.5 Å². The molecule has 1 aliphatic heterocycles. The molecular weight excluding hydrogens is 352 g/mol. The average molecular weight is 376 g/mol. The third-order valence-electron chi connectivity index (χ3n) is 4.55. The Balaban J connectivity index is 1.51. The zero-order chi connectivity index (χ0) is 19.2. The molecule has 3 aromatic rings. The van der Waals surface area contributed by atoms with E-state index in [2.05, 4.69) is 48.7 Å². The number of aromatic nitrogens is 3. The molecule has 2 N–H and O–H groups in total. The van der Waals surface area contributed by atoms with Crippen LogP contribution in [0.15, 0.2) is 54.9 Å². The zero-order valence-corrected chi connectivity index (χ0v) is 15.9. The number of hydrogen-bond donors (Lipinski definition) is 2. The van der Waals surface area contributed by atoms with Crippen molar-refractivity contribution >= 4 is 23.1 Å². The van der Waals surface area contributed by atoms with Crippen LogP contribution in [0.3, 0.4) is 0 Å². The number of nitrogens with one attached hydrogen (secondary N) is 2. The topological polar surface area (TPSA) is 75.2 Å². The van der Waals surface area contributed by atoms with Gasteiger partial charge in [-0.3, -0.25) is 4.98 Å². The smallest absolute Gasteiger partial charge is 0.225 e. The number of para-hydroxylation sites is 2. The molecule has 1 aromatic carbocycles. The van der Waals surface area contributed by atoms with Gasteiger partial charge in [-0.15, -0.1) is 0 Å². The highest BCUT2D eigenvalue weighted by atomic mass is 16.5. The first-order chi connectivity index (χ1) is 13.8. The second-order valence-corrected chi connectivity index (χ2v) is 6.67. The number of pyridine rings is 1. The van der Waals surface area contributed by atoms with Crippen molar-refractivity contribution in [2.75, 3.05) is 41.8 Å². The maximum atomic E-state index is 5.48. The summed E-state index contributed by atoms with van der Waals surface area (Å²) in [4.78, 5) is 15.6. The number of benzene rings is 1. The van der Waals surface area contributed by atoms with Crippen molar-refractivity contribution in [3.63, 3.8) is 0 Å². The number of anilines is 4. The lowest BCUT2D eigenvalue weighted by Crippen LogP contribution is -2.36. The van der Waals surface area contributed by atoms with Crippen LogP contribution in [-0.4, -0.2) is 41.3 Å². The van der Waals surface area contributed by atoms with E-state index in [9.17, 15) is 0 Å². The van der Waals surface area contributed by atoms with E-state index in [4.69, 9.17) is 4.74 Å². The highest BCUT2D eigenvalue weighted by Gasteiger charge is 2.15. The van der Waals surface area contributed by atoms with Gasteiger partial charge in [0.15, 0.2) is 0 Å². The van der Waals surface area contributed by atoms with Crippen LogP contribution in [0.5, 0.6) is 0 Å². The maximum absolute atomic E-state index is 5.48. The minimum Gasteiger partial charge on any atom is -0.378 e. The normalized spacial score (nSPS) is 14.0. The molecule has 3 heterocycles. The molecule has 1 saturated heterocycles. The summed E-state index contributed by atoms with van der Waals surface area (Å²) in [5, 5.41) is 6.74. The minimum atomic E-state index is 0.593. The second kappa shape index (κ2) is 8.67. The van der Waals surface area contributed by atoms with E-state index in [1.807, 2.05) is 37.4 Å². The number of nitrogens with zero attached hydrogens (tertiary/aromatic N) is 4. The number of hydrogen-bond acceptors (Lipinski definition) is 7. The van der Waals surface area contributed by atoms with E-state index < -0.39 is 0 Å². The number of ether oxygens (including phenoxy) is 1. The number of morpholine rings is 1. The molecule has 0 bridgehead atoms. The lowest BCUT2D eigenvalue weighted by molar-refractivity contribution is 0.123. The van der Waals surface area contributed by atoms with Gasteiger partial charge in [0.1, 0.15) is 5.82 Å². The van der Waals surface area contributed by atoms with Crippen molar-refractivity contribution in [3.05, 3.63) is 66.1 Å². The van der Waals surface area contributed by atoms with Crippen molar-refractivity contribution in [1.82, 2.24) is 15.0 Å². The lowest BCUT2D eigenvalue weighted by Gasteiger charge is -2.30. The first kappa shape index (κ1) is 18.2. The fraction of sp³-hybridized carbons (Fsp3) is 0.286. The maximum Gasteiger partial charge on any atom is 0.225 e. The Labute approximate surface area is 164 Å². The Bertz CT molecular complexity index is 912. The van der Waals surface area contributed by atoms with E-state index in [0.717, 1.165) is 54.8 Å². The SMILES string of the molecule is Cc1cc(Nc2ccccc2N2CCOCC2)nc(NCc2cccnc2)n1. The molecule has 0 atom stereocenters. The van der Waals surface area contributed by atoms with Crippen LogP contribution in [0.2, 0.25) is 0 Å². The van der Waals surface area contributed by atoms with Gasteiger partial charge in [-0.25, -0.2) is 4.98 Å². The lowest BCUT2D eigenvalue weighted by atomic mass is 10.2. The highest BCUT2D eigenvalue weighted by Crippen LogP contribution is 2.29. The van der Waals surface area contributed by atoms with Crippen LogP contribution in [0.25, 0.3) is 0 Å². The van der Waals surface area contributed by atoms with E-state index >= 15 is 0 Å². The molecule has 1 fully saturated rings. The van der Waals surface area contributed by atoms with E-state index in [1.54, 1.807) is 6.20 Å². The monoisotopic (exact) mass is 376 g/mol. The summed E-state index contributed by atoms with van der Waals surface area (Å²) < 4.78 is 5.48. The van der Waals surface area contributed by atoms with Gasteiger partial charge in [-0.05, 0) is 30.7 Å². The van der Waals surface area contributed by atoms with Crippen LogP contribution < -0.4 is 15.5 Å². The zero-order valence-electron chi connectivity index (χ0n) is 15.9. The van der Waals surface area contributed by atoms with Gasteiger partial charge in [-0.1, -0.05) is 18.2 Å². The van der Waals surface area contributed by atoms with Gasteiger partial charge in [-0.2, -0.15) is 4.98 Å². The molecule has 0 spiro atoms. The standard InChI is InChI=1S/C21H24N6O/c1-16-13-20(26-21(24-16)23-15-17-5-4-8-22-14-17)25-18-6-2-3-7-19(18)27-9-11-28-12-10-27/h2-8,13-14H,9-12,15H2,1H3,(H2,23,24,25,26). The Morgan fingerprint density at radius 2 is 1.93 bits per heavy atom. The number of aryl methyl sites for hydroxylation is 1. The molecule has 7 heteroatoms. The fourth-order valence-electron chi connectivity index (χ4n) is 3.19. The van der Waals surface area contributed by atoms with Gasteiger partial charge in [0, 0.05) is 43.8 Å². The van der Waals surface area contributed by atoms with Crippen molar-refractivity contribution in [1.29, 1.82) is 0 Å². The largest absolute Gasteiger partial charge is 0.378 e. The predicted octanol–water partition coefficient (Wildman–Crippen LogP) is 3.37. The Morgan fingerprint density at radius 3 is 2.75 bits per heavy atom. The van der Waals surface area contributed by atoms with Gasteiger partial charge in [0.2, 0.25) is 5.95 Å². The second-order valence-electron chi connectivity index (χ2n) is 6.67. The number of rotatable bonds is 6. The summed E-state index contributed by atoms with van der Waals surface area (Å²) in [7, 11) is 0. The van der Waals surface area contributed by atoms with Crippen LogP contribution >= 0.6 is 0 Å². The molecule has 0 amide bonds. The van der Waals surface area contributed by atoms with Gasteiger partial charge >= 0.3 is 0 Å². The molecule has 144 valence electrons. The highest BCUT2D eigenvalue weighted by molar-refractivity contribution is 5.74. The Kier molecular flexibility index (Phi) is 5.63. The van der Waals surface area contributed by atoms with Crippen molar-refractivity contribution < 1.29 is 4.74 Å². The average Bonchev–Trinajstić information content (AvgIpc) is 2.74. The summed E-state index contributed by atoms with van der Waals surface area (Å²) in [6.07, 6.45) is 3.60.